The lowest BCUT2D eigenvalue weighted by Gasteiger charge is -2.29. The Balaban J connectivity index is 1.77. The van der Waals surface area contributed by atoms with Crippen LogP contribution in [0, 0.1) is 19.8 Å². The van der Waals surface area contributed by atoms with Crippen molar-refractivity contribution in [2.24, 2.45) is 5.92 Å². The van der Waals surface area contributed by atoms with Gasteiger partial charge < -0.3 is 14.4 Å². The third-order valence-electron chi connectivity index (χ3n) is 6.40. The number of ketones is 1. The molecule has 1 N–H and O–H groups in total. The molecular formula is C26H22N2O5S2. The highest BCUT2D eigenvalue weighted by Crippen LogP contribution is 2.53. The van der Waals surface area contributed by atoms with Gasteiger partial charge in [-0.05, 0) is 66.1 Å². The number of carbonyl (C=O) groups is 3. The molecule has 4 unspecified atom stereocenters. The molecule has 7 nitrogen and oxygen atoms in total. The fourth-order valence-electron chi connectivity index (χ4n) is 4.95. The number of hydrogen-bond acceptors (Lipinski definition) is 7. The van der Waals surface area contributed by atoms with Crippen LogP contribution in [0.3, 0.4) is 0 Å². The largest absolute Gasteiger partial charge is 0.480 e. The molecular weight excluding hydrogens is 484 g/mol. The second-order valence-electron chi connectivity index (χ2n) is 8.50. The molecule has 0 spiro atoms. The van der Waals surface area contributed by atoms with Gasteiger partial charge in [-0.1, -0.05) is 12.1 Å². The first kappa shape index (κ1) is 23.2. The number of furan rings is 1. The van der Waals surface area contributed by atoms with E-state index in [4.69, 9.17) is 4.42 Å². The fourth-order valence-corrected chi connectivity index (χ4v) is 6.73. The number of rotatable bonds is 6. The number of carbonyl (C=O) groups excluding carboxylic acids is 2. The van der Waals surface area contributed by atoms with E-state index in [-0.39, 0.29) is 11.5 Å². The van der Waals surface area contributed by atoms with Gasteiger partial charge in [-0.15, -0.1) is 22.7 Å². The van der Waals surface area contributed by atoms with Crippen LogP contribution in [0.5, 0.6) is 0 Å². The summed E-state index contributed by atoms with van der Waals surface area (Å²) in [6.07, 6.45) is 3.20. The Labute approximate surface area is 209 Å². The number of Topliss-reactive ketones (excluding diaryl/α,β-unsaturated/α-hetero) is 1. The van der Waals surface area contributed by atoms with Crippen LogP contribution < -0.4 is 0 Å². The van der Waals surface area contributed by atoms with E-state index in [0.29, 0.717) is 16.2 Å². The number of carboxylic acid groups (broad SMARTS) is 1. The number of pyridine rings is 1. The summed E-state index contributed by atoms with van der Waals surface area (Å²) < 4.78 is 5.69. The minimum atomic E-state index is -1.25. The maximum Gasteiger partial charge on any atom is 0.327 e. The number of amides is 1. The summed E-state index contributed by atoms with van der Waals surface area (Å²) in [6.45, 7) is 3.64. The van der Waals surface area contributed by atoms with Crippen LogP contribution in [0.1, 0.15) is 54.0 Å². The number of thiophene rings is 2. The van der Waals surface area contributed by atoms with E-state index in [0.717, 1.165) is 10.4 Å². The Hall–Kier alpha value is -3.56. The molecule has 1 amide bonds. The highest BCUT2D eigenvalue weighted by molar-refractivity contribution is 7.12. The second-order valence-corrected chi connectivity index (χ2v) is 10.4. The van der Waals surface area contributed by atoms with Gasteiger partial charge in [0.25, 0.3) is 5.91 Å². The Morgan fingerprint density at radius 1 is 1.03 bits per heavy atom. The van der Waals surface area contributed by atoms with Crippen molar-refractivity contribution in [2.75, 3.05) is 0 Å². The van der Waals surface area contributed by atoms with Crippen LogP contribution in [-0.4, -0.2) is 38.7 Å². The minimum absolute atomic E-state index is 0.148. The molecule has 0 radical (unpaired) electrons. The Morgan fingerprint density at radius 2 is 1.86 bits per heavy atom. The van der Waals surface area contributed by atoms with Gasteiger partial charge in [0.1, 0.15) is 11.8 Å². The summed E-state index contributed by atoms with van der Waals surface area (Å²) in [4.78, 5) is 47.5. The summed E-state index contributed by atoms with van der Waals surface area (Å²) in [5, 5.41) is 14.1. The topological polar surface area (TPSA) is 101 Å². The third kappa shape index (κ3) is 4.00. The van der Waals surface area contributed by atoms with Crippen molar-refractivity contribution >= 4 is 40.3 Å². The quantitative estimate of drug-likeness (QED) is 0.354. The Bertz CT molecular complexity index is 1380. The van der Waals surface area contributed by atoms with E-state index in [9.17, 15) is 19.5 Å². The SMILES string of the molecule is Cc1ccc(C(=O)C2C(c3sccc3C)C(C(=O)O)N(C(=O)c3cccs3)C2c2cccnc2)o1. The first-order valence-electron chi connectivity index (χ1n) is 11.0. The maximum absolute atomic E-state index is 14.0. The highest BCUT2D eigenvalue weighted by Gasteiger charge is 2.59. The number of nitrogens with zero attached hydrogens (tertiary/aromatic N) is 2. The van der Waals surface area contributed by atoms with Gasteiger partial charge in [0.2, 0.25) is 5.78 Å². The van der Waals surface area contributed by atoms with Crippen LogP contribution >= 0.6 is 22.7 Å². The lowest BCUT2D eigenvalue weighted by Crippen LogP contribution is -2.43. The molecule has 35 heavy (non-hydrogen) atoms. The third-order valence-corrected chi connectivity index (χ3v) is 8.38. The van der Waals surface area contributed by atoms with E-state index >= 15 is 0 Å². The standard InChI is InChI=1S/C26H22N2O5S2/c1-14-9-12-35-24(14)20-19(23(29)17-8-7-15(2)33-17)21(16-5-3-10-27-13-16)28(22(20)26(31)32)25(30)18-6-4-11-34-18/h3-13,19-22H,1-2H3,(H,31,32). The van der Waals surface area contributed by atoms with Crippen LogP contribution in [0.25, 0.3) is 0 Å². The summed E-state index contributed by atoms with van der Waals surface area (Å²) in [5.74, 6) is -2.84. The number of aromatic nitrogens is 1. The second kappa shape index (κ2) is 9.24. The maximum atomic E-state index is 14.0. The monoisotopic (exact) mass is 506 g/mol. The lowest BCUT2D eigenvalue weighted by atomic mass is 9.79. The lowest BCUT2D eigenvalue weighted by molar-refractivity contribution is -0.142. The van der Waals surface area contributed by atoms with Crippen LogP contribution in [0.15, 0.2) is 70.0 Å². The Kier molecular flexibility index (Phi) is 6.12. The van der Waals surface area contributed by atoms with Gasteiger partial charge in [-0.25, -0.2) is 4.79 Å². The number of aryl methyl sites for hydroxylation is 2. The van der Waals surface area contributed by atoms with E-state index in [1.165, 1.54) is 27.6 Å². The minimum Gasteiger partial charge on any atom is -0.480 e. The van der Waals surface area contributed by atoms with Gasteiger partial charge in [-0.3, -0.25) is 14.6 Å². The van der Waals surface area contributed by atoms with Gasteiger partial charge in [0.05, 0.1) is 16.8 Å². The molecule has 5 heterocycles. The number of carboxylic acids is 1. The van der Waals surface area contributed by atoms with Gasteiger partial charge >= 0.3 is 5.97 Å². The molecule has 5 rings (SSSR count). The number of hydrogen-bond donors (Lipinski definition) is 1. The average molecular weight is 507 g/mol. The molecule has 1 aliphatic heterocycles. The molecule has 178 valence electrons. The molecule has 4 aromatic rings. The van der Waals surface area contributed by atoms with Gasteiger partial charge in [0, 0.05) is 23.2 Å². The zero-order valence-corrected chi connectivity index (χ0v) is 20.6. The molecule has 4 atom stereocenters. The zero-order chi connectivity index (χ0) is 24.7. The molecule has 9 heteroatoms. The normalized spacial score (nSPS) is 21.8. The number of aliphatic carboxylic acids is 1. The smallest absolute Gasteiger partial charge is 0.327 e. The summed E-state index contributed by atoms with van der Waals surface area (Å²) in [7, 11) is 0. The summed E-state index contributed by atoms with van der Waals surface area (Å²) in [6, 6.07) is 10.0. The molecule has 1 fully saturated rings. The van der Waals surface area contributed by atoms with E-state index in [1.807, 2.05) is 18.4 Å². The van der Waals surface area contributed by atoms with Crippen LogP contribution in [-0.2, 0) is 4.79 Å². The van der Waals surface area contributed by atoms with E-state index in [1.54, 1.807) is 61.1 Å². The summed E-state index contributed by atoms with van der Waals surface area (Å²) in [5.41, 5.74) is 1.48. The zero-order valence-electron chi connectivity index (χ0n) is 19.0. The van der Waals surface area contributed by atoms with Crippen molar-refractivity contribution in [1.29, 1.82) is 0 Å². The molecule has 4 aromatic heterocycles. The predicted molar refractivity (Wildman–Crippen MR) is 132 cm³/mol. The van der Waals surface area contributed by atoms with Gasteiger partial charge in [0.15, 0.2) is 5.76 Å². The van der Waals surface area contributed by atoms with Crippen molar-refractivity contribution in [3.05, 3.63) is 98.0 Å². The van der Waals surface area contributed by atoms with E-state index in [2.05, 4.69) is 4.98 Å². The van der Waals surface area contributed by atoms with Crippen LogP contribution in [0.2, 0.25) is 0 Å². The van der Waals surface area contributed by atoms with Crippen LogP contribution in [0.4, 0.5) is 0 Å². The van der Waals surface area contributed by atoms with Crippen molar-refractivity contribution in [3.8, 4) is 0 Å². The van der Waals surface area contributed by atoms with Crippen molar-refractivity contribution in [2.45, 2.75) is 31.8 Å². The van der Waals surface area contributed by atoms with Crippen molar-refractivity contribution in [1.82, 2.24) is 9.88 Å². The molecule has 0 aliphatic carbocycles. The summed E-state index contributed by atoms with van der Waals surface area (Å²) >= 11 is 2.64. The molecule has 0 aromatic carbocycles. The molecule has 1 aliphatic rings. The van der Waals surface area contributed by atoms with E-state index < -0.39 is 35.8 Å². The average Bonchev–Trinajstić information content (AvgIpc) is 3.64. The molecule has 1 saturated heterocycles. The predicted octanol–water partition coefficient (Wildman–Crippen LogP) is 5.35. The highest BCUT2D eigenvalue weighted by atomic mass is 32.1. The molecule has 0 bridgehead atoms. The number of likely N-dealkylation sites (tertiary alicyclic amines) is 1. The Morgan fingerprint density at radius 3 is 2.43 bits per heavy atom. The molecule has 0 saturated carbocycles. The van der Waals surface area contributed by atoms with Gasteiger partial charge in [-0.2, -0.15) is 0 Å². The fraction of sp³-hybridized carbons (Fsp3) is 0.231. The first-order chi connectivity index (χ1) is 16.9. The first-order valence-corrected chi connectivity index (χ1v) is 12.8. The van der Waals surface area contributed by atoms with Crippen molar-refractivity contribution in [3.63, 3.8) is 0 Å². The van der Waals surface area contributed by atoms with Crippen molar-refractivity contribution < 1.29 is 23.9 Å².